The van der Waals surface area contributed by atoms with Crippen LogP contribution >= 0.6 is 0 Å². The Kier molecular flexibility index (Phi) is 55.9. The molecule has 0 amide bonds. The second kappa shape index (κ2) is 58.9. The van der Waals surface area contributed by atoms with Gasteiger partial charge in [0, 0.05) is 19.3 Å². The molecule has 0 aliphatic heterocycles. The largest absolute Gasteiger partial charge is 0.462 e. The molecule has 0 aliphatic rings. The van der Waals surface area contributed by atoms with E-state index < -0.39 is 6.10 Å². The highest BCUT2D eigenvalue weighted by Crippen LogP contribution is 2.15. The predicted octanol–water partition coefficient (Wildman–Crippen LogP) is 20.1. The Hall–Kier alpha value is -3.67. The second-order valence-corrected chi connectivity index (χ2v) is 19.5. The maximum atomic E-state index is 12.9. The number of unbranched alkanes of at least 4 members (excludes halogenated alkanes) is 26. The van der Waals surface area contributed by atoms with Gasteiger partial charge in [0.25, 0.3) is 0 Å². The van der Waals surface area contributed by atoms with E-state index in [-0.39, 0.29) is 31.1 Å². The zero-order chi connectivity index (χ0) is 51.4. The average Bonchev–Trinajstić information content (AvgIpc) is 3.37. The third-order valence-corrected chi connectivity index (χ3v) is 12.5. The number of carbonyl (C=O) groups excluding carboxylic acids is 3. The van der Waals surface area contributed by atoms with E-state index in [2.05, 4.69) is 118 Å². The number of rotatable bonds is 53. The van der Waals surface area contributed by atoms with Crippen molar-refractivity contribution in [2.24, 2.45) is 0 Å². The van der Waals surface area contributed by atoms with Crippen molar-refractivity contribution in [1.29, 1.82) is 0 Å². The summed E-state index contributed by atoms with van der Waals surface area (Å²) in [6.07, 6.45) is 78.3. The first-order valence-electron chi connectivity index (χ1n) is 29.7. The van der Waals surface area contributed by atoms with Crippen LogP contribution in [0.4, 0.5) is 0 Å². The lowest BCUT2D eigenvalue weighted by molar-refractivity contribution is -0.167. The molecule has 0 spiro atoms. The Bertz CT molecular complexity index is 1410. The minimum absolute atomic E-state index is 0.0919. The van der Waals surface area contributed by atoms with Gasteiger partial charge in [0.2, 0.25) is 0 Å². The zero-order valence-corrected chi connectivity index (χ0v) is 46.5. The summed E-state index contributed by atoms with van der Waals surface area (Å²) in [6.45, 7) is 6.48. The molecule has 0 aromatic heterocycles. The fourth-order valence-corrected chi connectivity index (χ4v) is 8.08. The topological polar surface area (TPSA) is 78.9 Å². The van der Waals surface area contributed by atoms with E-state index >= 15 is 0 Å². The fraction of sp³-hybridized carbons (Fsp3) is 0.708. The molecule has 0 saturated heterocycles. The van der Waals surface area contributed by atoms with E-state index in [0.717, 1.165) is 116 Å². The number of hydrogen-bond acceptors (Lipinski definition) is 6. The summed E-state index contributed by atoms with van der Waals surface area (Å²) in [6, 6.07) is 0. The standard InChI is InChI=1S/C65H110O6/c1-4-7-10-13-16-19-22-25-27-29-31-32-33-34-35-37-38-40-43-46-49-52-55-58-64(67)70-61-62(60-69-63(66)57-54-51-48-45-42-24-21-18-15-12-9-6-3)71-65(68)59-56-53-50-47-44-41-39-36-30-28-26-23-20-17-14-11-8-5-2/h7,10,16,18-19,21,25,27-28,30-32,34-35,38,40,62H,4-6,8-9,11-15,17,20,22-24,26,29,33,36-37,39,41-61H2,1-3H3/b10-7-,19-16-,21-18-,27-25-,30-28-,32-31-,35-34-,40-38-. The lowest BCUT2D eigenvalue weighted by Gasteiger charge is -2.18. The van der Waals surface area contributed by atoms with Crippen LogP contribution in [-0.4, -0.2) is 37.2 Å². The smallest absolute Gasteiger partial charge is 0.306 e. The summed E-state index contributed by atoms with van der Waals surface area (Å²) in [5, 5.41) is 0. The first-order chi connectivity index (χ1) is 35.0. The van der Waals surface area contributed by atoms with Gasteiger partial charge in [-0.1, -0.05) is 234 Å². The molecule has 0 bridgehead atoms. The number of allylic oxidation sites excluding steroid dienone is 16. The van der Waals surface area contributed by atoms with Gasteiger partial charge < -0.3 is 14.2 Å². The first kappa shape index (κ1) is 67.3. The lowest BCUT2D eigenvalue weighted by atomic mass is 10.1. The molecule has 71 heavy (non-hydrogen) atoms. The van der Waals surface area contributed by atoms with E-state index in [1.54, 1.807) is 0 Å². The summed E-state index contributed by atoms with van der Waals surface area (Å²) >= 11 is 0. The van der Waals surface area contributed by atoms with Gasteiger partial charge in [0.15, 0.2) is 6.10 Å². The quantitative estimate of drug-likeness (QED) is 0.0261. The Labute approximate surface area is 438 Å². The molecule has 0 saturated carbocycles. The predicted molar refractivity (Wildman–Crippen MR) is 307 cm³/mol. The van der Waals surface area contributed by atoms with Gasteiger partial charge in [-0.2, -0.15) is 0 Å². The van der Waals surface area contributed by atoms with Gasteiger partial charge in [0.05, 0.1) is 0 Å². The highest BCUT2D eigenvalue weighted by atomic mass is 16.6. The number of ether oxygens (including phenoxy) is 3. The number of esters is 3. The molecule has 6 nitrogen and oxygen atoms in total. The van der Waals surface area contributed by atoms with Crippen LogP contribution in [-0.2, 0) is 28.6 Å². The fourth-order valence-electron chi connectivity index (χ4n) is 8.08. The summed E-state index contributed by atoms with van der Waals surface area (Å²) < 4.78 is 16.8. The maximum absolute atomic E-state index is 12.9. The average molecular weight is 988 g/mol. The first-order valence-corrected chi connectivity index (χ1v) is 29.7. The van der Waals surface area contributed by atoms with Crippen LogP contribution in [0.3, 0.4) is 0 Å². The van der Waals surface area contributed by atoms with Crippen LogP contribution in [0.5, 0.6) is 0 Å². The third kappa shape index (κ3) is 57.1. The third-order valence-electron chi connectivity index (χ3n) is 12.5. The van der Waals surface area contributed by atoms with Crippen LogP contribution in [0.2, 0.25) is 0 Å². The maximum Gasteiger partial charge on any atom is 0.306 e. The van der Waals surface area contributed by atoms with Crippen LogP contribution in [0, 0.1) is 0 Å². The minimum Gasteiger partial charge on any atom is -0.462 e. The number of hydrogen-bond donors (Lipinski definition) is 0. The molecule has 0 N–H and O–H groups in total. The Morgan fingerprint density at radius 3 is 0.901 bits per heavy atom. The number of carbonyl (C=O) groups is 3. The monoisotopic (exact) mass is 987 g/mol. The molecule has 0 fully saturated rings. The highest BCUT2D eigenvalue weighted by Gasteiger charge is 2.19. The van der Waals surface area contributed by atoms with Crippen LogP contribution in [0.15, 0.2) is 97.2 Å². The lowest BCUT2D eigenvalue weighted by Crippen LogP contribution is -2.30. The van der Waals surface area contributed by atoms with E-state index in [0.29, 0.717) is 19.3 Å². The molecule has 6 heteroatoms. The van der Waals surface area contributed by atoms with Crippen LogP contribution < -0.4 is 0 Å². The van der Waals surface area contributed by atoms with Crippen molar-refractivity contribution in [3.63, 3.8) is 0 Å². The molecule has 0 aromatic rings. The van der Waals surface area contributed by atoms with Gasteiger partial charge in [0.1, 0.15) is 13.2 Å². The van der Waals surface area contributed by atoms with Gasteiger partial charge in [-0.3, -0.25) is 14.4 Å². The molecular weight excluding hydrogens is 877 g/mol. The van der Waals surface area contributed by atoms with Crippen molar-refractivity contribution in [1.82, 2.24) is 0 Å². The van der Waals surface area contributed by atoms with Crippen LogP contribution in [0.25, 0.3) is 0 Å². The van der Waals surface area contributed by atoms with Crippen molar-refractivity contribution < 1.29 is 28.6 Å². The minimum atomic E-state index is -0.795. The molecule has 0 rings (SSSR count). The van der Waals surface area contributed by atoms with E-state index in [9.17, 15) is 14.4 Å². The molecular formula is C65H110O6. The van der Waals surface area contributed by atoms with Crippen molar-refractivity contribution >= 4 is 17.9 Å². The molecule has 0 radical (unpaired) electrons. The summed E-state index contributed by atoms with van der Waals surface area (Å²) in [4.78, 5) is 38.2. The summed E-state index contributed by atoms with van der Waals surface area (Å²) in [7, 11) is 0. The van der Waals surface area contributed by atoms with Crippen molar-refractivity contribution in [3.05, 3.63) is 97.2 Å². The SMILES string of the molecule is CC/C=C\C/C=C\C/C=C\C/C=C\C/C=C\C/C=C\CCCCCCC(=O)OCC(COC(=O)CCCCCCC/C=C\CCCCC)OC(=O)CCCCCCCCC/C=C\CCCCCCCCC. The van der Waals surface area contributed by atoms with Crippen LogP contribution in [0.1, 0.15) is 278 Å². The van der Waals surface area contributed by atoms with Crippen molar-refractivity contribution in [2.75, 3.05) is 13.2 Å². The summed E-state index contributed by atoms with van der Waals surface area (Å²) in [5.74, 6) is -0.926. The summed E-state index contributed by atoms with van der Waals surface area (Å²) in [5.41, 5.74) is 0. The molecule has 406 valence electrons. The van der Waals surface area contributed by atoms with Crippen molar-refractivity contribution in [3.8, 4) is 0 Å². The normalized spacial score (nSPS) is 12.8. The van der Waals surface area contributed by atoms with E-state index in [4.69, 9.17) is 14.2 Å². The van der Waals surface area contributed by atoms with Gasteiger partial charge >= 0.3 is 17.9 Å². The second-order valence-electron chi connectivity index (χ2n) is 19.5. The van der Waals surface area contributed by atoms with E-state index in [1.165, 1.54) is 122 Å². The van der Waals surface area contributed by atoms with Gasteiger partial charge in [-0.15, -0.1) is 0 Å². The van der Waals surface area contributed by atoms with Gasteiger partial charge in [-0.25, -0.2) is 0 Å². The Morgan fingerprint density at radius 1 is 0.296 bits per heavy atom. The molecule has 1 unspecified atom stereocenters. The molecule has 0 aliphatic carbocycles. The van der Waals surface area contributed by atoms with Gasteiger partial charge in [-0.05, 0) is 122 Å². The zero-order valence-electron chi connectivity index (χ0n) is 46.5. The molecule has 0 aromatic carbocycles. The van der Waals surface area contributed by atoms with Crippen molar-refractivity contribution in [2.45, 2.75) is 284 Å². The Balaban J connectivity index is 4.41. The molecule has 0 heterocycles. The van der Waals surface area contributed by atoms with E-state index in [1.807, 2.05) is 0 Å². The highest BCUT2D eigenvalue weighted by molar-refractivity contribution is 5.71. The molecule has 1 atom stereocenters. The Morgan fingerprint density at radius 2 is 0.549 bits per heavy atom.